The Labute approximate surface area is 126 Å². The number of carboxylic acids is 1. The monoisotopic (exact) mass is 365 g/mol. The summed E-state index contributed by atoms with van der Waals surface area (Å²) < 4.78 is 31.7. The molecule has 0 bridgehead atoms. The van der Waals surface area contributed by atoms with E-state index in [-0.39, 0.29) is 17.2 Å². The number of halogens is 1. The minimum Gasteiger partial charge on any atom is -0.495 e. The van der Waals surface area contributed by atoms with Crippen LogP contribution in [0, 0.1) is 0 Å². The molecule has 6 nitrogen and oxygen atoms in total. The highest BCUT2D eigenvalue weighted by molar-refractivity contribution is 9.10. The van der Waals surface area contributed by atoms with Gasteiger partial charge in [0.25, 0.3) is 0 Å². The molecule has 0 aliphatic heterocycles. The number of hydrogen-bond donors (Lipinski definition) is 1. The highest BCUT2D eigenvalue weighted by Crippen LogP contribution is 2.29. The van der Waals surface area contributed by atoms with Crippen molar-refractivity contribution in [1.82, 2.24) is 4.31 Å². The normalized spacial score (nSPS) is 11.6. The van der Waals surface area contributed by atoms with Crippen LogP contribution < -0.4 is 4.74 Å². The first-order valence-electron chi connectivity index (χ1n) is 5.88. The molecule has 0 saturated carbocycles. The van der Waals surface area contributed by atoms with Gasteiger partial charge in [0.1, 0.15) is 17.2 Å². The first-order valence-corrected chi connectivity index (χ1v) is 8.11. The van der Waals surface area contributed by atoms with E-state index in [0.717, 1.165) is 4.31 Å². The summed E-state index contributed by atoms with van der Waals surface area (Å²) in [6.07, 6.45) is 0.517. The van der Waals surface area contributed by atoms with E-state index in [1.807, 2.05) is 0 Å². The predicted molar refractivity (Wildman–Crippen MR) is 77.4 cm³/mol. The number of carboxylic acid groups (broad SMARTS) is 1. The van der Waals surface area contributed by atoms with Crippen molar-refractivity contribution >= 4 is 31.9 Å². The molecule has 0 spiro atoms. The van der Waals surface area contributed by atoms with Gasteiger partial charge in [-0.15, -0.1) is 0 Å². The van der Waals surface area contributed by atoms with Crippen LogP contribution >= 0.6 is 15.9 Å². The average Bonchev–Trinajstić information content (AvgIpc) is 2.37. The molecule has 0 saturated heterocycles. The summed E-state index contributed by atoms with van der Waals surface area (Å²) in [6, 6.07) is 4.57. The molecular weight excluding hydrogens is 350 g/mol. The van der Waals surface area contributed by atoms with Crippen molar-refractivity contribution in [2.45, 2.75) is 18.2 Å². The standard InChI is InChI=1S/C12H16BrNO5S/c1-3-6-14(8-12(15)16)20(17,18)11-7-9(13)4-5-10(11)19-2/h4-5,7H,3,6,8H2,1-2H3,(H,15,16). The highest BCUT2D eigenvalue weighted by Gasteiger charge is 2.29. The van der Waals surface area contributed by atoms with Gasteiger partial charge in [-0.1, -0.05) is 22.9 Å². The number of aliphatic carboxylic acids is 1. The molecule has 0 radical (unpaired) electrons. The van der Waals surface area contributed by atoms with Crippen LogP contribution in [0.2, 0.25) is 0 Å². The molecule has 0 amide bonds. The lowest BCUT2D eigenvalue weighted by molar-refractivity contribution is -0.137. The van der Waals surface area contributed by atoms with Gasteiger partial charge in [-0.25, -0.2) is 8.42 Å². The Kier molecular flexibility index (Phi) is 5.97. The maximum Gasteiger partial charge on any atom is 0.318 e. The maximum atomic E-state index is 12.6. The van der Waals surface area contributed by atoms with Crippen molar-refractivity contribution < 1.29 is 23.1 Å². The van der Waals surface area contributed by atoms with Gasteiger partial charge < -0.3 is 9.84 Å². The van der Waals surface area contributed by atoms with E-state index >= 15 is 0 Å². The van der Waals surface area contributed by atoms with Gasteiger partial charge >= 0.3 is 5.97 Å². The molecule has 20 heavy (non-hydrogen) atoms. The zero-order valence-corrected chi connectivity index (χ0v) is 13.6. The van der Waals surface area contributed by atoms with Crippen molar-refractivity contribution in [2.24, 2.45) is 0 Å². The summed E-state index contributed by atoms with van der Waals surface area (Å²) in [5, 5.41) is 8.86. The molecule has 1 rings (SSSR count). The number of methoxy groups -OCH3 is 1. The second kappa shape index (κ2) is 7.05. The number of ether oxygens (including phenoxy) is 1. The topological polar surface area (TPSA) is 83.9 Å². The minimum absolute atomic E-state index is 0.0518. The third-order valence-corrected chi connectivity index (χ3v) is 4.89. The third kappa shape index (κ3) is 3.94. The van der Waals surface area contributed by atoms with E-state index in [9.17, 15) is 13.2 Å². The van der Waals surface area contributed by atoms with Crippen LogP contribution in [-0.2, 0) is 14.8 Å². The van der Waals surface area contributed by atoms with Gasteiger partial charge in [-0.3, -0.25) is 4.79 Å². The Hall–Kier alpha value is -1.12. The van der Waals surface area contributed by atoms with Crippen LogP contribution in [0.4, 0.5) is 0 Å². The smallest absolute Gasteiger partial charge is 0.318 e. The quantitative estimate of drug-likeness (QED) is 0.797. The lowest BCUT2D eigenvalue weighted by atomic mass is 10.3. The first kappa shape index (κ1) is 16.9. The Morgan fingerprint density at radius 1 is 1.45 bits per heavy atom. The molecular formula is C12H16BrNO5S. The van der Waals surface area contributed by atoms with Crippen molar-refractivity contribution in [3.8, 4) is 5.75 Å². The van der Waals surface area contributed by atoms with Crippen molar-refractivity contribution in [2.75, 3.05) is 20.2 Å². The summed E-state index contributed by atoms with van der Waals surface area (Å²) in [4.78, 5) is 10.8. The zero-order chi connectivity index (χ0) is 15.3. The van der Waals surface area contributed by atoms with E-state index in [2.05, 4.69) is 15.9 Å². The van der Waals surface area contributed by atoms with Crippen LogP contribution in [0.3, 0.4) is 0 Å². The van der Waals surface area contributed by atoms with Crippen LogP contribution in [0.15, 0.2) is 27.6 Å². The van der Waals surface area contributed by atoms with Gasteiger partial charge in [0, 0.05) is 11.0 Å². The lowest BCUT2D eigenvalue weighted by Gasteiger charge is -2.21. The first-order chi connectivity index (χ1) is 9.32. The average molecular weight is 366 g/mol. The van der Waals surface area contributed by atoms with Gasteiger partial charge in [0.05, 0.1) is 7.11 Å². The molecule has 0 aliphatic carbocycles. The number of nitrogens with zero attached hydrogens (tertiary/aromatic N) is 1. The van der Waals surface area contributed by atoms with Gasteiger partial charge in [0.2, 0.25) is 10.0 Å². The van der Waals surface area contributed by atoms with Gasteiger partial charge in [0.15, 0.2) is 0 Å². The largest absolute Gasteiger partial charge is 0.495 e. The van der Waals surface area contributed by atoms with E-state index in [0.29, 0.717) is 10.9 Å². The van der Waals surface area contributed by atoms with Crippen molar-refractivity contribution in [3.63, 3.8) is 0 Å². The van der Waals surface area contributed by atoms with Crippen LogP contribution in [0.25, 0.3) is 0 Å². The summed E-state index contributed by atoms with van der Waals surface area (Å²) in [6.45, 7) is 1.33. The zero-order valence-electron chi connectivity index (χ0n) is 11.2. The fourth-order valence-electron chi connectivity index (χ4n) is 1.68. The Morgan fingerprint density at radius 3 is 2.60 bits per heavy atom. The molecule has 1 aromatic carbocycles. The number of carbonyl (C=O) groups is 1. The molecule has 1 aromatic rings. The van der Waals surface area contributed by atoms with E-state index in [4.69, 9.17) is 9.84 Å². The fourth-order valence-corrected chi connectivity index (χ4v) is 3.85. The van der Waals surface area contributed by atoms with Gasteiger partial charge in [-0.2, -0.15) is 4.31 Å². The third-order valence-electron chi connectivity index (χ3n) is 2.53. The molecule has 0 fully saturated rings. The second-order valence-electron chi connectivity index (χ2n) is 4.03. The highest BCUT2D eigenvalue weighted by atomic mass is 79.9. The minimum atomic E-state index is -3.93. The molecule has 0 aliphatic rings. The fraction of sp³-hybridized carbons (Fsp3) is 0.417. The van der Waals surface area contributed by atoms with E-state index in [1.54, 1.807) is 13.0 Å². The van der Waals surface area contributed by atoms with Crippen LogP contribution in [0.1, 0.15) is 13.3 Å². The summed E-state index contributed by atoms with van der Waals surface area (Å²) >= 11 is 3.20. The summed E-state index contributed by atoms with van der Waals surface area (Å²) in [5.74, 6) is -1.02. The number of benzene rings is 1. The van der Waals surface area contributed by atoms with Crippen molar-refractivity contribution in [1.29, 1.82) is 0 Å². The molecule has 0 aromatic heterocycles. The molecule has 0 atom stereocenters. The molecule has 8 heteroatoms. The second-order valence-corrected chi connectivity index (χ2v) is 6.85. The van der Waals surface area contributed by atoms with Gasteiger partial charge in [-0.05, 0) is 24.6 Å². The van der Waals surface area contributed by atoms with E-state index < -0.39 is 22.5 Å². The van der Waals surface area contributed by atoms with Crippen LogP contribution in [0.5, 0.6) is 5.75 Å². The Balaban J connectivity index is 3.31. The number of hydrogen-bond acceptors (Lipinski definition) is 4. The molecule has 0 unspecified atom stereocenters. The van der Waals surface area contributed by atoms with Crippen molar-refractivity contribution in [3.05, 3.63) is 22.7 Å². The lowest BCUT2D eigenvalue weighted by Crippen LogP contribution is -2.36. The predicted octanol–water partition coefficient (Wildman–Crippen LogP) is 1.94. The maximum absolute atomic E-state index is 12.6. The Bertz CT molecular complexity index is 588. The summed E-state index contributed by atoms with van der Waals surface area (Å²) in [7, 11) is -2.56. The number of sulfonamides is 1. The SMILES string of the molecule is CCCN(CC(=O)O)S(=O)(=O)c1cc(Br)ccc1OC. The van der Waals surface area contributed by atoms with E-state index in [1.165, 1.54) is 19.2 Å². The van der Waals surface area contributed by atoms with Crippen LogP contribution in [-0.4, -0.2) is 44.0 Å². The number of rotatable bonds is 7. The Morgan fingerprint density at radius 2 is 2.10 bits per heavy atom. The molecule has 0 heterocycles. The molecule has 112 valence electrons. The molecule has 1 N–H and O–H groups in total. The summed E-state index contributed by atoms with van der Waals surface area (Å²) in [5.41, 5.74) is 0.